The van der Waals surface area contributed by atoms with E-state index in [0.717, 1.165) is 28.9 Å². The first kappa shape index (κ1) is 17.2. The van der Waals surface area contributed by atoms with Crippen molar-refractivity contribution in [3.05, 3.63) is 52.5 Å². The van der Waals surface area contributed by atoms with Crippen LogP contribution < -0.4 is 15.4 Å². The van der Waals surface area contributed by atoms with Crippen molar-refractivity contribution in [3.63, 3.8) is 0 Å². The Kier molecular flexibility index (Phi) is 5.88. The minimum atomic E-state index is -0.0964. The fourth-order valence-corrected chi connectivity index (χ4v) is 2.60. The Bertz CT molecular complexity index is 701. The van der Waals surface area contributed by atoms with Gasteiger partial charge in [-0.05, 0) is 42.7 Å². The largest absolute Gasteiger partial charge is 0.495 e. The first-order valence-corrected chi connectivity index (χ1v) is 7.88. The molecule has 0 aromatic heterocycles. The first-order valence-electron chi connectivity index (χ1n) is 7.51. The molecule has 2 aromatic carbocycles. The van der Waals surface area contributed by atoms with Gasteiger partial charge in [0, 0.05) is 11.4 Å². The molecule has 5 heteroatoms. The van der Waals surface area contributed by atoms with E-state index in [2.05, 4.69) is 17.6 Å². The number of nitrogens with one attached hydrogen (secondary N) is 2. The summed E-state index contributed by atoms with van der Waals surface area (Å²) in [5.74, 6) is 0.509. The molecule has 0 heterocycles. The average Bonchev–Trinajstić information content (AvgIpc) is 2.55. The maximum absolute atomic E-state index is 12.2. The topological polar surface area (TPSA) is 50.4 Å². The van der Waals surface area contributed by atoms with Gasteiger partial charge in [-0.1, -0.05) is 36.7 Å². The molecule has 2 N–H and O–H groups in total. The van der Waals surface area contributed by atoms with Crippen LogP contribution in [0.4, 0.5) is 11.4 Å². The van der Waals surface area contributed by atoms with Crippen molar-refractivity contribution in [1.29, 1.82) is 0 Å². The summed E-state index contributed by atoms with van der Waals surface area (Å²) in [6, 6.07) is 11.3. The highest BCUT2D eigenvalue weighted by Gasteiger charge is 2.09. The highest BCUT2D eigenvalue weighted by molar-refractivity contribution is 6.32. The molecule has 0 spiro atoms. The van der Waals surface area contributed by atoms with Gasteiger partial charge in [-0.25, -0.2) is 0 Å². The molecule has 0 aliphatic rings. The van der Waals surface area contributed by atoms with E-state index in [0.29, 0.717) is 10.8 Å². The summed E-state index contributed by atoms with van der Waals surface area (Å²) < 4.78 is 5.10. The van der Waals surface area contributed by atoms with Crippen LogP contribution in [0.2, 0.25) is 5.02 Å². The van der Waals surface area contributed by atoms with Crippen LogP contribution in [-0.2, 0) is 11.2 Å². The molecule has 0 saturated heterocycles. The molecule has 0 fully saturated rings. The fraction of sp³-hybridized carbons (Fsp3) is 0.278. The second kappa shape index (κ2) is 7.88. The Morgan fingerprint density at radius 1 is 1.26 bits per heavy atom. The van der Waals surface area contributed by atoms with Crippen LogP contribution in [0.25, 0.3) is 0 Å². The Hall–Kier alpha value is -2.20. The van der Waals surface area contributed by atoms with Gasteiger partial charge >= 0.3 is 0 Å². The molecule has 2 aromatic rings. The number of anilines is 2. The van der Waals surface area contributed by atoms with Gasteiger partial charge in [-0.15, -0.1) is 0 Å². The summed E-state index contributed by atoms with van der Waals surface area (Å²) in [7, 11) is 1.56. The second-order valence-electron chi connectivity index (χ2n) is 5.21. The maximum atomic E-state index is 12.2. The van der Waals surface area contributed by atoms with Crippen LogP contribution in [0.5, 0.6) is 5.75 Å². The molecule has 0 bridgehead atoms. The van der Waals surface area contributed by atoms with Crippen LogP contribution in [0.15, 0.2) is 36.4 Å². The summed E-state index contributed by atoms with van der Waals surface area (Å²) in [4.78, 5) is 12.2. The van der Waals surface area contributed by atoms with Crippen LogP contribution in [0, 0.1) is 6.92 Å². The van der Waals surface area contributed by atoms with E-state index in [4.69, 9.17) is 16.3 Å². The number of hydrogen-bond acceptors (Lipinski definition) is 3. The second-order valence-corrected chi connectivity index (χ2v) is 5.62. The molecule has 122 valence electrons. The van der Waals surface area contributed by atoms with Crippen LogP contribution in [-0.4, -0.2) is 19.6 Å². The van der Waals surface area contributed by atoms with Gasteiger partial charge in [0.05, 0.1) is 18.7 Å². The number of carbonyl (C=O) groups is 1. The van der Waals surface area contributed by atoms with Crippen molar-refractivity contribution in [2.75, 3.05) is 24.3 Å². The number of benzene rings is 2. The van der Waals surface area contributed by atoms with Crippen molar-refractivity contribution in [2.24, 2.45) is 0 Å². The van der Waals surface area contributed by atoms with Crippen molar-refractivity contribution in [2.45, 2.75) is 20.3 Å². The highest BCUT2D eigenvalue weighted by Crippen LogP contribution is 2.27. The zero-order chi connectivity index (χ0) is 16.8. The van der Waals surface area contributed by atoms with E-state index < -0.39 is 0 Å². The number of hydrogen-bond donors (Lipinski definition) is 2. The molecule has 4 nitrogen and oxygen atoms in total. The number of para-hydroxylation sites is 1. The molecule has 0 unspecified atom stereocenters. The van der Waals surface area contributed by atoms with Gasteiger partial charge in [-0.2, -0.15) is 0 Å². The SMILES string of the molecule is CCc1cccc(C)c1NC(=O)CNc1ccc(OC)c(Cl)c1. The predicted molar refractivity (Wildman–Crippen MR) is 95.7 cm³/mol. The van der Waals surface area contributed by atoms with Crippen molar-refractivity contribution in [3.8, 4) is 5.75 Å². The van der Waals surface area contributed by atoms with Crippen LogP contribution >= 0.6 is 11.6 Å². The molecule has 0 saturated carbocycles. The number of methoxy groups -OCH3 is 1. The standard InChI is InChI=1S/C18H21ClN2O2/c1-4-13-7-5-6-12(2)18(13)21-17(22)11-20-14-8-9-16(23-3)15(19)10-14/h5-10,20H,4,11H2,1-3H3,(H,21,22). The Morgan fingerprint density at radius 3 is 2.70 bits per heavy atom. The monoisotopic (exact) mass is 332 g/mol. The molecule has 23 heavy (non-hydrogen) atoms. The van der Waals surface area contributed by atoms with Gasteiger partial charge in [0.25, 0.3) is 0 Å². The Labute approximate surface area is 141 Å². The highest BCUT2D eigenvalue weighted by atomic mass is 35.5. The number of halogens is 1. The Balaban J connectivity index is 1.99. The summed E-state index contributed by atoms with van der Waals surface area (Å²) in [6.07, 6.45) is 0.874. The average molecular weight is 333 g/mol. The number of aryl methyl sites for hydroxylation is 2. The molecular weight excluding hydrogens is 312 g/mol. The predicted octanol–water partition coefficient (Wildman–Crippen LogP) is 4.27. The van der Waals surface area contributed by atoms with Crippen molar-refractivity contribution in [1.82, 2.24) is 0 Å². The zero-order valence-electron chi connectivity index (χ0n) is 13.6. The maximum Gasteiger partial charge on any atom is 0.243 e. The van der Waals surface area contributed by atoms with Gasteiger partial charge in [-0.3, -0.25) is 4.79 Å². The normalized spacial score (nSPS) is 10.3. The van der Waals surface area contributed by atoms with Gasteiger partial charge in [0.1, 0.15) is 5.75 Å². The lowest BCUT2D eigenvalue weighted by molar-refractivity contribution is -0.114. The first-order chi connectivity index (χ1) is 11.0. The molecular formula is C18H21ClN2O2. The molecule has 0 aliphatic carbocycles. The molecule has 0 radical (unpaired) electrons. The Morgan fingerprint density at radius 2 is 2.04 bits per heavy atom. The third kappa shape index (κ3) is 4.39. The lowest BCUT2D eigenvalue weighted by Crippen LogP contribution is -2.22. The summed E-state index contributed by atoms with van der Waals surface area (Å²) in [5, 5.41) is 6.54. The van der Waals surface area contributed by atoms with Crippen molar-refractivity contribution >= 4 is 28.9 Å². The van der Waals surface area contributed by atoms with Crippen molar-refractivity contribution < 1.29 is 9.53 Å². The summed E-state index contributed by atoms with van der Waals surface area (Å²) >= 11 is 6.07. The van der Waals surface area contributed by atoms with E-state index in [-0.39, 0.29) is 12.5 Å². The van der Waals surface area contributed by atoms with E-state index in [1.807, 2.05) is 31.2 Å². The third-order valence-electron chi connectivity index (χ3n) is 3.61. The number of ether oxygens (including phenoxy) is 1. The lowest BCUT2D eigenvalue weighted by Gasteiger charge is -2.14. The van der Waals surface area contributed by atoms with E-state index in [1.165, 1.54) is 0 Å². The number of rotatable bonds is 6. The van der Waals surface area contributed by atoms with Gasteiger partial charge < -0.3 is 15.4 Å². The van der Waals surface area contributed by atoms with E-state index in [1.54, 1.807) is 19.2 Å². The summed E-state index contributed by atoms with van der Waals surface area (Å²) in [5.41, 5.74) is 3.86. The third-order valence-corrected chi connectivity index (χ3v) is 3.90. The quantitative estimate of drug-likeness (QED) is 0.830. The molecule has 0 atom stereocenters. The fourth-order valence-electron chi connectivity index (χ4n) is 2.34. The summed E-state index contributed by atoms with van der Waals surface area (Å²) in [6.45, 7) is 4.23. The van der Waals surface area contributed by atoms with Crippen LogP contribution in [0.1, 0.15) is 18.1 Å². The lowest BCUT2D eigenvalue weighted by atomic mass is 10.1. The van der Waals surface area contributed by atoms with E-state index in [9.17, 15) is 4.79 Å². The number of carbonyl (C=O) groups excluding carboxylic acids is 1. The van der Waals surface area contributed by atoms with Crippen LogP contribution in [0.3, 0.4) is 0 Å². The van der Waals surface area contributed by atoms with Gasteiger partial charge in [0.2, 0.25) is 5.91 Å². The minimum Gasteiger partial charge on any atom is -0.495 e. The van der Waals surface area contributed by atoms with E-state index >= 15 is 0 Å². The minimum absolute atomic E-state index is 0.0964. The smallest absolute Gasteiger partial charge is 0.243 e. The molecule has 2 rings (SSSR count). The van der Waals surface area contributed by atoms with Gasteiger partial charge in [0.15, 0.2) is 0 Å². The number of amides is 1. The molecule has 0 aliphatic heterocycles. The molecule has 1 amide bonds. The zero-order valence-corrected chi connectivity index (χ0v) is 14.3.